The maximum Gasteiger partial charge on any atom is 0.251 e. The maximum absolute atomic E-state index is 12.2. The summed E-state index contributed by atoms with van der Waals surface area (Å²) in [5, 5.41) is 3.16. The van der Waals surface area contributed by atoms with E-state index in [-0.39, 0.29) is 5.91 Å². The van der Waals surface area contributed by atoms with E-state index < -0.39 is 0 Å². The van der Waals surface area contributed by atoms with Crippen LogP contribution in [0.4, 0.5) is 0 Å². The van der Waals surface area contributed by atoms with Gasteiger partial charge in [0.15, 0.2) is 0 Å². The summed E-state index contributed by atoms with van der Waals surface area (Å²) in [7, 11) is 0. The molecule has 0 bridgehead atoms. The number of nitrogens with one attached hydrogen (secondary N) is 1. The first-order valence-electron chi connectivity index (χ1n) is 6.89. The summed E-state index contributed by atoms with van der Waals surface area (Å²) < 4.78 is 0. The number of rotatable bonds is 4. The minimum Gasteiger partial charge on any atom is -0.349 e. The molecule has 2 rings (SSSR count). The van der Waals surface area contributed by atoms with Gasteiger partial charge in [0.1, 0.15) is 0 Å². The van der Waals surface area contributed by atoms with Gasteiger partial charge in [0.25, 0.3) is 5.91 Å². The number of carbonyl (C=O) groups excluding carboxylic acids is 1. The molecule has 0 aromatic heterocycles. The molecular weight excluding hydrogens is 254 g/mol. The van der Waals surface area contributed by atoms with E-state index in [4.69, 9.17) is 0 Å². The Morgan fingerprint density at radius 1 is 1.37 bits per heavy atom. The van der Waals surface area contributed by atoms with Crippen LogP contribution in [0.3, 0.4) is 0 Å². The lowest BCUT2D eigenvalue weighted by atomic mass is 9.92. The Morgan fingerprint density at radius 3 is 2.58 bits per heavy atom. The normalized spacial score (nSPS) is 21.3. The van der Waals surface area contributed by atoms with Gasteiger partial charge in [-0.2, -0.15) is 11.8 Å². The molecule has 2 nitrogen and oxygen atoms in total. The van der Waals surface area contributed by atoms with Gasteiger partial charge in [-0.1, -0.05) is 26.0 Å². The van der Waals surface area contributed by atoms with Gasteiger partial charge in [-0.3, -0.25) is 4.79 Å². The quantitative estimate of drug-likeness (QED) is 0.905. The lowest BCUT2D eigenvalue weighted by molar-refractivity contribution is 0.0936. The van der Waals surface area contributed by atoms with Gasteiger partial charge in [0.05, 0.1) is 0 Å². The second kappa shape index (κ2) is 6.00. The van der Waals surface area contributed by atoms with Crippen molar-refractivity contribution in [2.24, 2.45) is 5.41 Å². The van der Waals surface area contributed by atoms with E-state index in [0.717, 1.165) is 24.2 Å². The molecule has 1 fully saturated rings. The highest BCUT2D eigenvalue weighted by molar-refractivity contribution is 7.97. The lowest BCUT2D eigenvalue weighted by Crippen LogP contribution is -2.33. The Bertz CT molecular complexity index is 439. The van der Waals surface area contributed by atoms with E-state index in [1.807, 2.05) is 24.3 Å². The van der Waals surface area contributed by atoms with E-state index in [1.165, 1.54) is 12.0 Å². The fourth-order valence-electron chi connectivity index (χ4n) is 2.75. The molecule has 0 saturated heterocycles. The monoisotopic (exact) mass is 277 g/mol. The Labute approximate surface area is 120 Å². The third-order valence-electron chi connectivity index (χ3n) is 3.83. The molecular formula is C16H23NOS. The van der Waals surface area contributed by atoms with Crippen LogP contribution >= 0.6 is 11.8 Å². The summed E-state index contributed by atoms with van der Waals surface area (Å²) in [6, 6.07) is 8.30. The van der Waals surface area contributed by atoms with Gasteiger partial charge in [-0.25, -0.2) is 0 Å². The molecule has 1 aromatic carbocycles. The zero-order valence-corrected chi connectivity index (χ0v) is 12.8. The molecule has 0 radical (unpaired) electrons. The van der Waals surface area contributed by atoms with Crippen LogP contribution in [0.15, 0.2) is 24.3 Å². The van der Waals surface area contributed by atoms with Crippen molar-refractivity contribution in [1.82, 2.24) is 5.32 Å². The molecule has 3 heteroatoms. The first kappa shape index (κ1) is 14.4. The Kier molecular flexibility index (Phi) is 4.56. The van der Waals surface area contributed by atoms with Crippen LogP contribution in [-0.4, -0.2) is 18.2 Å². The smallest absolute Gasteiger partial charge is 0.251 e. The van der Waals surface area contributed by atoms with Crippen LogP contribution in [0.5, 0.6) is 0 Å². The number of carbonyl (C=O) groups is 1. The summed E-state index contributed by atoms with van der Waals surface area (Å²) in [6.45, 7) is 4.55. The third kappa shape index (κ3) is 4.00. The van der Waals surface area contributed by atoms with Crippen molar-refractivity contribution < 1.29 is 4.79 Å². The van der Waals surface area contributed by atoms with E-state index in [9.17, 15) is 4.79 Å². The van der Waals surface area contributed by atoms with Gasteiger partial charge in [0, 0.05) is 17.4 Å². The molecule has 1 N–H and O–H groups in total. The summed E-state index contributed by atoms with van der Waals surface area (Å²) in [4.78, 5) is 12.2. The summed E-state index contributed by atoms with van der Waals surface area (Å²) in [5.41, 5.74) is 2.42. The molecule has 1 aliphatic carbocycles. The summed E-state index contributed by atoms with van der Waals surface area (Å²) in [5.74, 6) is 1.07. The Balaban J connectivity index is 1.93. The summed E-state index contributed by atoms with van der Waals surface area (Å²) in [6.07, 6.45) is 5.47. The third-order valence-corrected chi connectivity index (χ3v) is 4.45. The first-order valence-corrected chi connectivity index (χ1v) is 8.28. The fourth-order valence-corrected chi connectivity index (χ4v) is 3.27. The predicted molar refractivity (Wildman–Crippen MR) is 82.5 cm³/mol. The molecule has 1 saturated carbocycles. The van der Waals surface area contributed by atoms with Crippen molar-refractivity contribution in [3.05, 3.63) is 35.4 Å². The van der Waals surface area contributed by atoms with E-state index >= 15 is 0 Å². The average Bonchev–Trinajstić information content (AvgIpc) is 2.70. The average molecular weight is 277 g/mol. The summed E-state index contributed by atoms with van der Waals surface area (Å²) >= 11 is 1.79. The Hall–Kier alpha value is -0.960. The van der Waals surface area contributed by atoms with Crippen LogP contribution in [0.25, 0.3) is 0 Å². The maximum atomic E-state index is 12.2. The van der Waals surface area contributed by atoms with Crippen LogP contribution in [0.1, 0.15) is 49.0 Å². The number of hydrogen-bond acceptors (Lipinski definition) is 2. The first-order chi connectivity index (χ1) is 9.00. The second-order valence-electron chi connectivity index (χ2n) is 6.21. The highest BCUT2D eigenvalue weighted by atomic mass is 32.2. The molecule has 104 valence electrons. The lowest BCUT2D eigenvalue weighted by Gasteiger charge is -2.17. The predicted octanol–water partition coefficient (Wildman–Crippen LogP) is 3.86. The van der Waals surface area contributed by atoms with E-state index in [1.54, 1.807) is 11.8 Å². The molecule has 0 aliphatic heterocycles. The highest BCUT2D eigenvalue weighted by Crippen LogP contribution is 2.36. The van der Waals surface area contributed by atoms with Crippen molar-refractivity contribution in [1.29, 1.82) is 0 Å². The number of hydrogen-bond donors (Lipinski definition) is 1. The Morgan fingerprint density at radius 2 is 2.05 bits per heavy atom. The largest absolute Gasteiger partial charge is 0.349 e. The van der Waals surface area contributed by atoms with Crippen molar-refractivity contribution >= 4 is 17.7 Å². The van der Waals surface area contributed by atoms with Crippen molar-refractivity contribution in [3.63, 3.8) is 0 Å². The van der Waals surface area contributed by atoms with Crippen LogP contribution in [0.2, 0.25) is 0 Å². The number of benzene rings is 1. The van der Waals surface area contributed by atoms with Crippen molar-refractivity contribution in [2.45, 2.75) is 44.9 Å². The molecule has 1 aliphatic rings. The van der Waals surface area contributed by atoms with Crippen LogP contribution in [0, 0.1) is 5.41 Å². The van der Waals surface area contributed by atoms with Gasteiger partial charge in [0.2, 0.25) is 0 Å². The number of thioether (sulfide) groups is 1. The minimum atomic E-state index is 0.0680. The van der Waals surface area contributed by atoms with Crippen LogP contribution < -0.4 is 5.32 Å². The molecule has 1 amide bonds. The zero-order chi connectivity index (χ0) is 13.9. The SMILES string of the molecule is CSCc1ccc(C(=O)NC2CCC(C)(C)C2)cc1. The molecule has 0 heterocycles. The highest BCUT2D eigenvalue weighted by Gasteiger charge is 2.31. The zero-order valence-electron chi connectivity index (χ0n) is 12.0. The molecule has 0 spiro atoms. The van der Waals surface area contributed by atoms with Crippen LogP contribution in [-0.2, 0) is 5.75 Å². The minimum absolute atomic E-state index is 0.0680. The van der Waals surface area contributed by atoms with E-state index in [2.05, 4.69) is 25.4 Å². The second-order valence-corrected chi connectivity index (χ2v) is 7.07. The van der Waals surface area contributed by atoms with Gasteiger partial charge >= 0.3 is 0 Å². The fraction of sp³-hybridized carbons (Fsp3) is 0.562. The molecule has 1 atom stereocenters. The number of amides is 1. The van der Waals surface area contributed by atoms with Crippen molar-refractivity contribution in [2.75, 3.05) is 6.26 Å². The van der Waals surface area contributed by atoms with Gasteiger partial charge in [-0.05, 0) is 48.6 Å². The molecule has 1 unspecified atom stereocenters. The standard InChI is InChI=1S/C16H23NOS/c1-16(2)9-8-14(10-16)17-15(18)13-6-4-12(5-7-13)11-19-3/h4-7,14H,8-11H2,1-3H3,(H,17,18). The van der Waals surface area contributed by atoms with Crippen molar-refractivity contribution in [3.8, 4) is 0 Å². The molecule has 1 aromatic rings. The topological polar surface area (TPSA) is 29.1 Å². The van der Waals surface area contributed by atoms with Gasteiger partial charge < -0.3 is 5.32 Å². The molecule has 19 heavy (non-hydrogen) atoms. The van der Waals surface area contributed by atoms with Gasteiger partial charge in [-0.15, -0.1) is 0 Å². The van der Waals surface area contributed by atoms with E-state index in [0.29, 0.717) is 11.5 Å².